The van der Waals surface area contributed by atoms with Crippen LogP contribution in [-0.4, -0.2) is 18.3 Å². The van der Waals surface area contributed by atoms with Crippen molar-refractivity contribution in [3.8, 4) is 56.1 Å². The fraction of sp³-hybridized carbons (Fsp3) is 0. The molecule has 106 heavy (non-hydrogen) atoms. The molecule has 0 aliphatic carbocycles. The second-order valence-corrected chi connectivity index (χ2v) is 28.2. The molecule has 0 aliphatic heterocycles. The van der Waals surface area contributed by atoms with Gasteiger partial charge in [-0.3, -0.25) is 0 Å². The van der Waals surface area contributed by atoms with Crippen LogP contribution in [0.25, 0.3) is 208 Å². The van der Waals surface area contributed by atoms with Crippen LogP contribution in [0.1, 0.15) is 0 Å². The molecule has 0 aliphatic rings. The van der Waals surface area contributed by atoms with E-state index in [-0.39, 0.29) is 0 Å². The fourth-order valence-electron chi connectivity index (χ4n) is 17.9. The smallest absolute Gasteiger partial charge is 0.0619 e. The molecule has 0 bridgehead atoms. The van der Waals surface area contributed by atoms with Gasteiger partial charge in [-0.05, 0) is 162 Å². The summed E-state index contributed by atoms with van der Waals surface area (Å²) in [5, 5.41) is 25.1. The first kappa shape index (κ1) is 59.6. The van der Waals surface area contributed by atoms with Crippen LogP contribution < -0.4 is 0 Å². The van der Waals surface area contributed by atoms with Crippen molar-refractivity contribution in [1.82, 2.24) is 18.3 Å². The highest BCUT2D eigenvalue weighted by Crippen LogP contribution is 2.47. The van der Waals surface area contributed by atoms with Gasteiger partial charge in [-0.2, -0.15) is 0 Å². The van der Waals surface area contributed by atoms with Crippen LogP contribution in [0, 0.1) is 0 Å². The molecular formula is C102H64N4. The molecule has 0 amide bonds. The normalized spacial score (nSPS) is 12.0. The Balaban J connectivity index is 0.000000133. The minimum absolute atomic E-state index is 1.20. The lowest BCUT2D eigenvalue weighted by Crippen LogP contribution is -1.99. The molecule has 0 N–H and O–H groups in total. The molecule has 19 aromatic carbocycles. The number of nitrogens with zero attached hydrogens (tertiary/aromatic N) is 4. The topological polar surface area (TPSA) is 19.7 Å². The van der Waals surface area contributed by atoms with Gasteiger partial charge in [-0.15, -0.1) is 0 Å². The van der Waals surface area contributed by atoms with Gasteiger partial charge in [-0.1, -0.05) is 297 Å². The highest BCUT2D eigenvalue weighted by atomic mass is 15.0. The summed E-state index contributed by atoms with van der Waals surface area (Å²) in [5.74, 6) is 0. The Morgan fingerprint density at radius 3 is 0.858 bits per heavy atom. The summed E-state index contributed by atoms with van der Waals surface area (Å²) in [7, 11) is 0. The maximum Gasteiger partial charge on any atom is 0.0619 e. The zero-order valence-electron chi connectivity index (χ0n) is 57.7. The molecule has 0 saturated heterocycles. The predicted octanol–water partition coefficient (Wildman–Crippen LogP) is 27.7. The van der Waals surface area contributed by atoms with Gasteiger partial charge in [0.2, 0.25) is 0 Å². The highest BCUT2D eigenvalue weighted by Gasteiger charge is 2.24. The van der Waals surface area contributed by atoms with Gasteiger partial charge in [0.05, 0.1) is 66.9 Å². The summed E-state index contributed by atoms with van der Waals surface area (Å²) in [4.78, 5) is 0. The van der Waals surface area contributed by atoms with E-state index in [4.69, 9.17) is 0 Å². The summed E-state index contributed by atoms with van der Waals surface area (Å²) in [6.45, 7) is 0. The van der Waals surface area contributed by atoms with Crippen molar-refractivity contribution in [1.29, 1.82) is 0 Å². The second-order valence-electron chi connectivity index (χ2n) is 28.2. The molecular weight excluding hydrogens is 1280 g/mol. The summed E-state index contributed by atoms with van der Waals surface area (Å²) in [6, 6.07) is 143. The zero-order chi connectivity index (χ0) is 69.5. The number of aromatic nitrogens is 4. The zero-order valence-corrected chi connectivity index (χ0v) is 57.7. The van der Waals surface area contributed by atoms with E-state index in [0.29, 0.717) is 0 Å². The van der Waals surface area contributed by atoms with Gasteiger partial charge in [0, 0.05) is 70.0 Å². The van der Waals surface area contributed by atoms with Crippen molar-refractivity contribution in [3.05, 3.63) is 388 Å². The molecule has 4 nitrogen and oxygen atoms in total. The van der Waals surface area contributed by atoms with E-state index in [1.165, 1.54) is 208 Å². The minimum Gasteiger partial charge on any atom is -0.309 e. The van der Waals surface area contributed by atoms with Gasteiger partial charge in [0.1, 0.15) is 0 Å². The summed E-state index contributed by atoms with van der Waals surface area (Å²) >= 11 is 0. The average molecular weight is 1350 g/mol. The van der Waals surface area contributed by atoms with Crippen molar-refractivity contribution in [3.63, 3.8) is 0 Å². The Kier molecular flexibility index (Phi) is 13.4. The van der Waals surface area contributed by atoms with Crippen molar-refractivity contribution in [2.75, 3.05) is 0 Å². The maximum absolute atomic E-state index is 2.51. The number of para-hydroxylation sites is 4. The minimum atomic E-state index is 1.20. The molecule has 0 saturated carbocycles. The molecule has 4 aromatic heterocycles. The summed E-state index contributed by atoms with van der Waals surface area (Å²) < 4.78 is 9.84. The van der Waals surface area contributed by atoms with Crippen molar-refractivity contribution in [2.24, 2.45) is 0 Å². The Hall–Kier alpha value is -14.1. The molecule has 23 aromatic rings. The summed E-state index contributed by atoms with van der Waals surface area (Å²) in [5.41, 5.74) is 21.9. The van der Waals surface area contributed by atoms with Crippen molar-refractivity contribution in [2.45, 2.75) is 0 Å². The second kappa shape index (κ2) is 23.8. The Bertz CT molecular complexity index is 7520. The standard InChI is InChI=1S/C54H34N2.C48H30N2/c1-2-16-36(17-3-1)53-42-22-6-8-24-44(42)54(45-25-9-7-23-43(45)53)56-50-27-13-11-21-41(50)47-34-38(30-32-52(47)56)37-29-31-51-46(33-37)40-20-10-12-26-49(40)55(51)48-28-14-18-35-15-4-5-19-39(35)48;1-4-16-36-31(12-1)14-11-23-43(36)49-44-21-9-7-19-39(44)41-28-32(24-26-46(41)49)33-25-27-47-42(29-33)40-20-8-10-22-45(40)50(47)48-30-34-13-2-3-15-35(34)37-17-5-6-18-38(37)48/h1-34H;1-30H. The first-order chi connectivity index (χ1) is 52.6. The van der Waals surface area contributed by atoms with Crippen LogP contribution >= 0.6 is 0 Å². The van der Waals surface area contributed by atoms with Crippen LogP contribution in [-0.2, 0) is 0 Å². The molecule has 492 valence electrons. The van der Waals surface area contributed by atoms with Gasteiger partial charge < -0.3 is 18.3 Å². The van der Waals surface area contributed by atoms with Crippen molar-refractivity contribution < 1.29 is 0 Å². The average Bonchev–Trinajstić information content (AvgIpc) is 1.42. The molecule has 0 spiro atoms. The van der Waals surface area contributed by atoms with Crippen LogP contribution in [0.2, 0.25) is 0 Å². The molecule has 0 atom stereocenters. The van der Waals surface area contributed by atoms with Gasteiger partial charge in [0.15, 0.2) is 0 Å². The van der Waals surface area contributed by atoms with E-state index >= 15 is 0 Å². The SMILES string of the molecule is c1ccc(-c2c3ccccc3c(-n3c4ccccc4c4cc(-c5ccc6c(c5)c5ccccc5n6-c5cccc6ccccc56)ccc43)c3ccccc23)cc1.c1ccc2c(-n3c4ccccc4c4cc(-c5ccc6c(c5)c5ccccc5n6-c5cc6ccccc6c6ccccc56)ccc43)cccc2c1. The molecule has 4 heterocycles. The Morgan fingerprint density at radius 2 is 0.425 bits per heavy atom. The van der Waals surface area contributed by atoms with E-state index in [0.717, 1.165) is 0 Å². The van der Waals surface area contributed by atoms with Gasteiger partial charge in [0.25, 0.3) is 0 Å². The Morgan fingerprint density at radius 1 is 0.132 bits per heavy atom. The molecule has 23 rings (SSSR count). The van der Waals surface area contributed by atoms with Crippen LogP contribution in [0.15, 0.2) is 388 Å². The molecule has 0 unspecified atom stereocenters. The highest BCUT2D eigenvalue weighted by molar-refractivity contribution is 6.22. The lowest BCUT2D eigenvalue weighted by molar-refractivity contribution is 1.20. The number of rotatable bonds is 7. The number of hydrogen-bond acceptors (Lipinski definition) is 0. The van der Waals surface area contributed by atoms with E-state index in [9.17, 15) is 0 Å². The lowest BCUT2D eigenvalue weighted by Gasteiger charge is -2.19. The fourth-order valence-corrected chi connectivity index (χ4v) is 17.9. The number of hydrogen-bond donors (Lipinski definition) is 0. The maximum atomic E-state index is 2.51. The van der Waals surface area contributed by atoms with Crippen molar-refractivity contribution >= 4 is 152 Å². The lowest BCUT2D eigenvalue weighted by atomic mass is 9.90. The molecule has 4 heteroatoms. The number of benzene rings is 19. The van der Waals surface area contributed by atoms with E-state index < -0.39 is 0 Å². The van der Waals surface area contributed by atoms with E-state index in [1.807, 2.05) is 0 Å². The third-order valence-electron chi connectivity index (χ3n) is 22.5. The van der Waals surface area contributed by atoms with Crippen LogP contribution in [0.3, 0.4) is 0 Å². The quantitative estimate of drug-likeness (QED) is 0.112. The predicted molar refractivity (Wildman–Crippen MR) is 452 cm³/mol. The number of fused-ring (bicyclic) bond motifs is 19. The molecule has 0 fully saturated rings. The van der Waals surface area contributed by atoms with E-state index in [1.54, 1.807) is 0 Å². The van der Waals surface area contributed by atoms with Gasteiger partial charge in [-0.25, -0.2) is 0 Å². The van der Waals surface area contributed by atoms with E-state index in [2.05, 4.69) is 407 Å². The van der Waals surface area contributed by atoms with Gasteiger partial charge >= 0.3 is 0 Å². The Labute approximate surface area is 610 Å². The third kappa shape index (κ3) is 9.08. The first-order valence-corrected chi connectivity index (χ1v) is 36.6. The molecule has 0 radical (unpaired) electrons. The summed E-state index contributed by atoms with van der Waals surface area (Å²) in [6.07, 6.45) is 0. The largest absolute Gasteiger partial charge is 0.309 e. The monoisotopic (exact) mass is 1340 g/mol. The first-order valence-electron chi connectivity index (χ1n) is 36.6. The third-order valence-corrected chi connectivity index (χ3v) is 22.5. The van der Waals surface area contributed by atoms with Crippen LogP contribution in [0.4, 0.5) is 0 Å². The van der Waals surface area contributed by atoms with Crippen LogP contribution in [0.5, 0.6) is 0 Å².